The second-order valence-electron chi connectivity index (χ2n) is 8.98. The Kier molecular flexibility index (Phi) is 5.57. The number of benzene rings is 1. The molecule has 32 heavy (non-hydrogen) atoms. The van der Waals surface area contributed by atoms with Crippen LogP contribution in [0.3, 0.4) is 0 Å². The molecule has 0 spiro atoms. The average molecular weight is 483 g/mol. The Balaban J connectivity index is 1.35. The molecule has 1 aromatic heterocycles. The van der Waals surface area contributed by atoms with Gasteiger partial charge in [-0.15, -0.1) is 0 Å². The Hall–Kier alpha value is -1.59. The maximum Gasteiger partial charge on any atom is 0.253 e. The van der Waals surface area contributed by atoms with Gasteiger partial charge in [-0.25, -0.2) is 13.8 Å². The molecule has 174 valence electrons. The van der Waals surface area contributed by atoms with E-state index in [0.717, 1.165) is 40.4 Å². The third-order valence-electron chi connectivity index (χ3n) is 6.44. The normalized spacial score (nSPS) is 25.0. The number of aromatic nitrogens is 1. The molecule has 2 aromatic rings. The molecule has 10 heteroatoms. The lowest BCUT2D eigenvalue weighted by molar-refractivity contribution is 0.101. The molecule has 1 aromatic carbocycles. The van der Waals surface area contributed by atoms with Gasteiger partial charge in [0.2, 0.25) is 0 Å². The van der Waals surface area contributed by atoms with Gasteiger partial charge in [-0.3, -0.25) is 22.6 Å². The minimum atomic E-state index is -2.53. The SMILES string of the molecule is Cc1ccc(CN2CCS(O)(O)CC2)cc1-c1ccc2c(n1)N(C)SN2CC1CC1(F)F. The minimum absolute atomic E-state index is 0.0312. The summed E-state index contributed by atoms with van der Waals surface area (Å²) in [5.74, 6) is -1.44. The summed E-state index contributed by atoms with van der Waals surface area (Å²) >= 11 is 1.42. The Bertz CT molecular complexity index is 1030. The quantitative estimate of drug-likeness (QED) is 0.575. The van der Waals surface area contributed by atoms with Gasteiger partial charge in [0, 0.05) is 51.1 Å². The van der Waals surface area contributed by atoms with E-state index < -0.39 is 22.4 Å². The van der Waals surface area contributed by atoms with Crippen molar-refractivity contribution < 1.29 is 17.9 Å². The fraction of sp³-hybridized carbons (Fsp3) is 0.500. The molecule has 1 aliphatic carbocycles. The predicted molar refractivity (Wildman–Crippen MR) is 129 cm³/mol. The van der Waals surface area contributed by atoms with E-state index in [1.54, 1.807) is 0 Å². The number of nitrogens with zero attached hydrogens (tertiary/aromatic N) is 4. The number of aryl methyl sites for hydroxylation is 1. The molecule has 5 rings (SSSR count). The summed E-state index contributed by atoms with van der Waals surface area (Å²) in [6.07, 6.45) is -0.0312. The third-order valence-corrected chi connectivity index (χ3v) is 9.07. The average Bonchev–Trinajstić information content (AvgIpc) is 3.22. The van der Waals surface area contributed by atoms with Crippen molar-refractivity contribution >= 4 is 34.2 Å². The minimum Gasteiger partial charge on any atom is -0.299 e. The van der Waals surface area contributed by atoms with E-state index in [9.17, 15) is 17.9 Å². The monoisotopic (exact) mass is 482 g/mol. The van der Waals surface area contributed by atoms with Gasteiger partial charge in [-0.1, -0.05) is 12.1 Å². The van der Waals surface area contributed by atoms with E-state index in [1.165, 1.54) is 12.1 Å². The van der Waals surface area contributed by atoms with Crippen molar-refractivity contribution in [1.82, 2.24) is 9.88 Å². The Morgan fingerprint density at radius 2 is 1.91 bits per heavy atom. The standard InChI is InChI=1S/C22H28F2N4O2S2/c1-15-3-4-16(13-27-7-9-32(29,30)10-8-27)11-18(15)19-5-6-20-21(25-19)26(2)31-28(20)14-17-12-22(17,23)24/h3-6,11,17,29-30H,7-10,12-14H2,1-2H3. The van der Waals surface area contributed by atoms with Crippen LogP contribution in [0.5, 0.6) is 0 Å². The van der Waals surface area contributed by atoms with Crippen molar-refractivity contribution in [3.05, 3.63) is 41.5 Å². The highest BCUT2D eigenvalue weighted by Gasteiger charge is 2.57. The second-order valence-corrected chi connectivity index (χ2v) is 12.5. The highest BCUT2D eigenvalue weighted by Crippen LogP contribution is 2.52. The van der Waals surface area contributed by atoms with Crippen molar-refractivity contribution in [2.24, 2.45) is 5.92 Å². The molecule has 2 fully saturated rings. The summed E-state index contributed by atoms with van der Waals surface area (Å²) in [6.45, 7) is 4.50. The van der Waals surface area contributed by atoms with Crippen LogP contribution in [-0.2, 0) is 6.54 Å². The number of anilines is 2. The summed E-state index contributed by atoms with van der Waals surface area (Å²) in [5, 5.41) is 0. The summed E-state index contributed by atoms with van der Waals surface area (Å²) in [5.41, 5.74) is 5.08. The number of hydrogen-bond acceptors (Lipinski definition) is 7. The number of pyridine rings is 1. The Morgan fingerprint density at radius 1 is 1.19 bits per heavy atom. The van der Waals surface area contributed by atoms with Gasteiger partial charge < -0.3 is 0 Å². The van der Waals surface area contributed by atoms with Crippen LogP contribution < -0.4 is 8.61 Å². The molecule has 1 saturated heterocycles. The van der Waals surface area contributed by atoms with Crippen LogP contribution in [0.25, 0.3) is 11.3 Å². The molecule has 6 nitrogen and oxygen atoms in total. The lowest BCUT2D eigenvalue weighted by atomic mass is 10.0. The van der Waals surface area contributed by atoms with Crippen LogP contribution in [0.2, 0.25) is 0 Å². The summed E-state index contributed by atoms with van der Waals surface area (Å²) in [7, 11) is -0.484. The molecule has 1 atom stereocenters. The number of rotatable bonds is 5. The van der Waals surface area contributed by atoms with Gasteiger partial charge in [-0.05, 0) is 36.2 Å². The van der Waals surface area contributed by atoms with Gasteiger partial charge in [0.15, 0.2) is 5.82 Å². The van der Waals surface area contributed by atoms with Crippen LogP contribution in [-0.4, -0.2) is 63.1 Å². The first-order valence-corrected chi connectivity index (χ1v) is 13.4. The molecule has 2 aliphatic heterocycles. The fourth-order valence-corrected chi connectivity index (χ4v) is 6.56. The van der Waals surface area contributed by atoms with Gasteiger partial charge in [-0.2, -0.15) is 10.6 Å². The number of alkyl halides is 2. The molecule has 3 heterocycles. The van der Waals surface area contributed by atoms with Crippen LogP contribution in [0.15, 0.2) is 30.3 Å². The third kappa shape index (κ3) is 4.43. The zero-order valence-corrected chi connectivity index (χ0v) is 19.8. The van der Waals surface area contributed by atoms with E-state index in [-0.39, 0.29) is 6.42 Å². The maximum absolute atomic E-state index is 13.4. The molecule has 0 bridgehead atoms. The van der Waals surface area contributed by atoms with Crippen molar-refractivity contribution in [2.75, 3.05) is 46.8 Å². The van der Waals surface area contributed by atoms with Crippen LogP contribution >= 0.6 is 22.7 Å². The molecule has 1 unspecified atom stereocenters. The fourth-order valence-electron chi connectivity index (χ4n) is 4.27. The van der Waals surface area contributed by atoms with Crippen molar-refractivity contribution in [3.8, 4) is 11.3 Å². The van der Waals surface area contributed by atoms with E-state index in [0.29, 0.717) is 31.1 Å². The predicted octanol–water partition coefficient (Wildman–Crippen LogP) is 5.10. The largest absolute Gasteiger partial charge is 0.299 e. The van der Waals surface area contributed by atoms with Gasteiger partial charge in [0.25, 0.3) is 5.92 Å². The second kappa shape index (κ2) is 8.02. The summed E-state index contributed by atoms with van der Waals surface area (Å²) < 4.78 is 50.3. The molecule has 2 N–H and O–H groups in total. The van der Waals surface area contributed by atoms with E-state index >= 15 is 0 Å². The number of hydrogen-bond donors (Lipinski definition) is 2. The molecule has 0 amide bonds. The van der Waals surface area contributed by atoms with Crippen molar-refractivity contribution in [2.45, 2.75) is 25.8 Å². The lowest BCUT2D eigenvalue weighted by Crippen LogP contribution is -2.37. The number of halogens is 2. The highest BCUT2D eigenvalue weighted by atomic mass is 32.3. The first-order chi connectivity index (χ1) is 15.1. The van der Waals surface area contributed by atoms with Crippen LogP contribution in [0.1, 0.15) is 17.5 Å². The summed E-state index contributed by atoms with van der Waals surface area (Å²) in [4.78, 5) is 7.13. The maximum atomic E-state index is 13.4. The molecular weight excluding hydrogens is 454 g/mol. The molecular formula is C22H28F2N4O2S2. The zero-order valence-electron chi connectivity index (χ0n) is 18.2. The Labute approximate surface area is 193 Å². The van der Waals surface area contributed by atoms with Crippen LogP contribution in [0.4, 0.5) is 20.3 Å². The number of fused-ring (bicyclic) bond motifs is 1. The van der Waals surface area contributed by atoms with Gasteiger partial charge >= 0.3 is 0 Å². The lowest BCUT2D eigenvalue weighted by Gasteiger charge is -2.41. The Morgan fingerprint density at radius 3 is 2.59 bits per heavy atom. The zero-order chi connectivity index (χ0) is 22.7. The van der Waals surface area contributed by atoms with Crippen molar-refractivity contribution in [1.29, 1.82) is 0 Å². The molecule has 1 saturated carbocycles. The first-order valence-electron chi connectivity index (χ1n) is 10.8. The summed E-state index contributed by atoms with van der Waals surface area (Å²) in [6, 6.07) is 10.3. The van der Waals surface area contributed by atoms with Gasteiger partial charge in [0.1, 0.15) is 0 Å². The molecule has 3 aliphatic rings. The molecule has 0 radical (unpaired) electrons. The highest BCUT2D eigenvalue weighted by molar-refractivity contribution is 8.24. The first kappa shape index (κ1) is 22.2. The van der Waals surface area contributed by atoms with Gasteiger partial charge in [0.05, 0.1) is 35.0 Å². The van der Waals surface area contributed by atoms with E-state index in [2.05, 4.69) is 30.0 Å². The van der Waals surface area contributed by atoms with Crippen molar-refractivity contribution in [3.63, 3.8) is 0 Å². The van der Waals surface area contributed by atoms with Crippen LogP contribution in [0, 0.1) is 12.8 Å². The smallest absolute Gasteiger partial charge is 0.253 e. The van der Waals surface area contributed by atoms with E-state index in [4.69, 9.17) is 4.98 Å². The van der Waals surface area contributed by atoms with E-state index in [1.807, 2.05) is 27.8 Å². The topological polar surface area (TPSA) is 63.1 Å².